The summed E-state index contributed by atoms with van der Waals surface area (Å²) >= 11 is 0. The van der Waals surface area contributed by atoms with Crippen LogP contribution in [-0.4, -0.2) is 11.1 Å². The first-order valence-corrected chi connectivity index (χ1v) is 2.27. The van der Waals surface area contributed by atoms with Gasteiger partial charge in [-0.3, -0.25) is 0 Å². The van der Waals surface area contributed by atoms with Gasteiger partial charge < -0.3 is 5.11 Å². The standard InChI is InChI=1S/C4H6.C3H4O2/c1-3-4-2;1-2-3(4)5/h3-4H,1-2H2;2H,1H2,(H,4,5). The van der Waals surface area contributed by atoms with Crippen LogP contribution in [0.4, 0.5) is 0 Å². The summed E-state index contributed by atoms with van der Waals surface area (Å²) in [6, 6.07) is 0. The van der Waals surface area contributed by atoms with Gasteiger partial charge in [0.05, 0.1) is 0 Å². The van der Waals surface area contributed by atoms with Crippen molar-refractivity contribution in [3.8, 4) is 0 Å². The molecule has 1 N–H and O–H groups in total. The topological polar surface area (TPSA) is 37.3 Å². The summed E-state index contributed by atoms with van der Waals surface area (Å²) in [5, 5.41) is 7.60. The van der Waals surface area contributed by atoms with Gasteiger partial charge in [-0.15, -0.1) is 0 Å². The van der Waals surface area contributed by atoms with Crippen LogP contribution < -0.4 is 0 Å². The molecule has 0 atom stereocenters. The van der Waals surface area contributed by atoms with Gasteiger partial charge in [-0.1, -0.05) is 31.9 Å². The molecule has 50 valence electrons. The van der Waals surface area contributed by atoms with Gasteiger partial charge in [0.15, 0.2) is 0 Å². The van der Waals surface area contributed by atoms with E-state index >= 15 is 0 Å². The normalized spacial score (nSPS) is 5.78. The number of hydrogen-bond acceptors (Lipinski definition) is 1. The Morgan fingerprint density at radius 3 is 1.44 bits per heavy atom. The van der Waals surface area contributed by atoms with Gasteiger partial charge in [-0.2, -0.15) is 0 Å². The maximum Gasteiger partial charge on any atom is 0.327 e. The quantitative estimate of drug-likeness (QED) is 0.451. The monoisotopic (exact) mass is 126 g/mol. The van der Waals surface area contributed by atoms with Crippen molar-refractivity contribution in [3.05, 3.63) is 38.0 Å². The van der Waals surface area contributed by atoms with Crippen LogP contribution in [0.3, 0.4) is 0 Å². The summed E-state index contributed by atoms with van der Waals surface area (Å²) in [5.41, 5.74) is 0. The van der Waals surface area contributed by atoms with Crippen LogP contribution >= 0.6 is 0 Å². The van der Waals surface area contributed by atoms with Crippen molar-refractivity contribution in [2.75, 3.05) is 0 Å². The third-order valence-electron chi connectivity index (χ3n) is 0.341. The molecule has 0 aromatic heterocycles. The van der Waals surface area contributed by atoms with Crippen LogP contribution in [-0.2, 0) is 4.79 Å². The van der Waals surface area contributed by atoms with Crippen molar-refractivity contribution in [1.29, 1.82) is 0 Å². The SMILES string of the molecule is C=CC(=O)O.C=CC=C. The Balaban J connectivity index is 0. The number of carboxylic acids is 1. The summed E-state index contributed by atoms with van der Waals surface area (Å²) < 4.78 is 0. The molecule has 0 bridgehead atoms. The predicted octanol–water partition coefficient (Wildman–Crippen LogP) is 1.62. The Hall–Kier alpha value is -1.31. The Kier molecular flexibility index (Phi) is 11.6. The van der Waals surface area contributed by atoms with E-state index in [2.05, 4.69) is 19.7 Å². The van der Waals surface area contributed by atoms with Crippen molar-refractivity contribution in [2.24, 2.45) is 0 Å². The highest BCUT2D eigenvalue weighted by Gasteiger charge is 1.73. The maximum absolute atomic E-state index is 9.25. The van der Waals surface area contributed by atoms with Crippen molar-refractivity contribution in [2.45, 2.75) is 0 Å². The summed E-state index contributed by atoms with van der Waals surface area (Å²) in [7, 11) is 0. The molecule has 0 saturated heterocycles. The molecular formula is C7H10O2. The lowest BCUT2D eigenvalue weighted by atomic mass is 10.6. The highest BCUT2D eigenvalue weighted by molar-refractivity contribution is 5.78. The molecule has 0 saturated carbocycles. The number of carbonyl (C=O) groups is 1. The molecule has 0 aliphatic carbocycles. The second kappa shape index (κ2) is 9.85. The fraction of sp³-hybridized carbons (Fsp3) is 0. The van der Waals surface area contributed by atoms with E-state index in [0.717, 1.165) is 6.08 Å². The van der Waals surface area contributed by atoms with Gasteiger partial charge in [-0.25, -0.2) is 4.79 Å². The van der Waals surface area contributed by atoms with E-state index < -0.39 is 5.97 Å². The Morgan fingerprint density at radius 2 is 1.44 bits per heavy atom. The minimum atomic E-state index is -0.981. The molecule has 0 aromatic carbocycles. The molecule has 0 fully saturated rings. The zero-order valence-corrected chi connectivity index (χ0v) is 5.21. The van der Waals surface area contributed by atoms with Gasteiger partial charge in [0.2, 0.25) is 0 Å². The van der Waals surface area contributed by atoms with Gasteiger partial charge in [0, 0.05) is 6.08 Å². The van der Waals surface area contributed by atoms with Gasteiger partial charge in [0.1, 0.15) is 0 Å². The van der Waals surface area contributed by atoms with Gasteiger partial charge in [0.25, 0.3) is 0 Å². The minimum absolute atomic E-state index is 0.833. The number of rotatable bonds is 2. The van der Waals surface area contributed by atoms with E-state index in [-0.39, 0.29) is 0 Å². The minimum Gasteiger partial charge on any atom is -0.478 e. The van der Waals surface area contributed by atoms with Crippen molar-refractivity contribution < 1.29 is 9.90 Å². The molecule has 0 heterocycles. The second-order valence-electron chi connectivity index (χ2n) is 1.01. The number of aliphatic carboxylic acids is 1. The highest BCUT2D eigenvalue weighted by Crippen LogP contribution is 1.54. The molecule has 0 aliphatic heterocycles. The maximum atomic E-state index is 9.25. The van der Waals surface area contributed by atoms with Crippen molar-refractivity contribution in [3.63, 3.8) is 0 Å². The molecular weight excluding hydrogens is 116 g/mol. The first-order valence-electron chi connectivity index (χ1n) is 2.27. The lowest BCUT2D eigenvalue weighted by Crippen LogP contribution is -1.82. The molecule has 0 radical (unpaired) electrons. The van der Waals surface area contributed by atoms with E-state index in [1.54, 1.807) is 12.2 Å². The van der Waals surface area contributed by atoms with E-state index in [1.165, 1.54) is 0 Å². The third-order valence-corrected chi connectivity index (χ3v) is 0.341. The largest absolute Gasteiger partial charge is 0.478 e. The molecule has 0 amide bonds. The first kappa shape index (κ1) is 10.6. The Bertz CT molecular complexity index is 108. The number of allylic oxidation sites excluding steroid dienone is 2. The van der Waals surface area contributed by atoms with Crippen LogP contribution in [0.5, 0.6) is 0 Å². The molecule has 0 rings (SSSR count). The van der Waals surface area contributed by atoms with Crippen LogP contribution in [0, 0.1) is 0 Å². The molecule has 0 aromatic rings. The van der Waals surface area contributed by atoms with Crippen LogP contribution in [0.15, 0.2) is 38.0 Å². The second-order valence-corrected chi connectivity index (χ2v) is 1.01. The Morgan fingerprint density at radius 1 is 1.22 bits per heavy atom. The summed E-state index contributed by atoms with van der Waals surface area (Å²) in [6.45, 7) is 9.68. The fourth-order valence-electron chi connectivity index (χ4n) is 0. The average Bonchev–Trinajstić information content (AvgIpc) is 1.89. The molecule has 2 nitrogen and oxygen atoms in total. The van der Waals surface area contributed by atoms with E-state index in [1.807, 2.05) is 0 Å². The molecule has 0 aliphatic rings. The average molecular weight is 126 g/mol. The van der Waals surface area contributed by atoms with E-state index in [4.69, 9.17) is 5.11 Å². The van der Waals surface area contributed by atoms with Crippen LogP contribution in [0.1, 0.15) is 0 Å². The zero-order valence-electron chi connectivity index (χ0n) is 5.21. The lowest BCUT2D eigenvalue weighted by molar-refractivity contribution is -0.131. The van der Waals surface area contributed by atoms with Crippen LogP contribution in [0.25, 0.3) is 0 Å². The van der Waals surface area contributed by atoms with Gasteiger partial charge >= 0.3 is 5.97 Å². The Labute approximate surface area is 54.8 Å². The molecule has 2 heteroatoms. The first-order chi connectivity index (χ1) is 4.18. The lowest BCUT2D eigenvalue weighted by Gasteiger charge is -1.64. The number of carboxylic acid groups (broad SMARTS) is 1. The van der Waals surface area contributed by atoms with E-state index in [0.29, 0.717) is 0 Å². The highest BCUT2D eigenvalue weighted by atomic mass is 16.4. The van der Waals surface area contributed by atoms with E-state index in [9.17, 15) is 4.79 Å². The summed E-state index contributed by atoms with van der Waals surface area (Å²) in [6.07, 6.45) is 4.11. The van der Waals surface area contributed by atoms with Crippen molar-refractivity contribution >= 4 is 5.97 Å². The van der Waals surface area contributed by atoms with Crippen molar-refractivity contribution in [1.82, 2.24) is 0 Å². The van der Waals surface area contributed by atoms with Gasteiger partial charge in [-0.05, 0) is 0 Å². The zero-order chi connectivity index (χ0) is 7.70. The third kappa shape index (κ3) is 51.5. The smallest absolute Gasteiger partial charge is 0.327 e. The van der Waals surface area contributed by atoms with Crippen LogP contribution in [0.2, 0.25) is 0 Å². The number of hydrogen-bond donors (Lipinski definition) is 1. The molecule has 0 unspecified atom stereocenters. The predicted molar refractivity (Wildman–Crippen MR) is 38.2 cm³/mol. The summed E-state index contributed by atoms with van der Waals surface area (Å²) in [5.74, 6) is -0.981. The summed E-state index contributed by atoms with van der Waals surface area (Å²) in [4.78, 5) is 9.25. The molecule has 9 heavy (non-hydrogen) atoms. The molecule has 0 spiro atoms. The fourth-order valence-corrected chi connectivity index (χ4v) is 0.